The van der Waals surface area contributed by atoms with Gasteiger partial charge in [0.25, 0.3) is 0 Å². The average molecular weight is 741 g/mol. The van der Waals surface area contributed by atoms with E-state index in [0.717, 1.165) is 32.1 Å². The van der Waals surface area contributed by atoms with E-state index in [1.807, 2.05) is 0 Å². The molecule has 0 aromatic heterocycles. The van der Waals surface area contributed by atoms with Crippen LogP contribution in [0, 0.1) is 5.92 Å². The maximum absolute atomic E-state index is 12.4. The van der Waals surface area contributed by atoms with E-state index in [4.69, 9.17) is 24.1 Å². The molecule has 0 rings (SSSR count). The maximum atomic E-state index is 12.4. The van der Waals surface area contributed by atoms with Crippen molar-refractivity contribution in [3.63, 3.8) is 0 Å². The summed E-state index contributed by atoms with van der Waals surface area (Å²) in [5.41, 5.74) is -0.737. The molecule has 0 saturated carbocycles. The molecule has 0 bridgehead atoms. The summed E-state index contributed by atoms with van der Waals surface area (Å²) in [4.78, 5) is 60.2. The van der Waals surface area contributed by atoms with Crippen molar-refractivity contribution in [1.82, 2.24) is 0 Å². The van der Waals surface area contributed by atoms with E-state index in [-0.39, 0.29) is 43.7 Å². The molecule has 0 radical (unpaired) electrons. The summed E-state index contributed by atoms with van der Waals surface area (Å²) < 4.78 is 22.1. The molecule has 0 spiro atoms. The zero-order valence-corrected chi connectivity index (χ0v) is 33.6. The number of carbonyl (C=O) groups excluding carboxylic acids is 4. The fourth-order valence-electron chi connectivity index (χ4n) is 5.83. The number of rotatable bonds is 39. The van der Waals surface area contributed by atoms with Crippen LogP contribution in [-0.4, -0.2) is 79.6 Å². The predicted molar refractivity (Wildman–Crippen MR) is 206 cm³/mol. The molecule has 0 aromatic carbocycles. The number of Topliss-reactive ketones (excluding diaryl/α,β-unsaturated/α-hetero) is 3. The first-order valence-corrected chi connectivity index (χ1v) is 20.7. The van der Waals surface area contributed by atoms with E-state index in [0.29, 0.717) is 64.7 Å². The molecule has 52 heavy (non-hydrogen) atoms. The number of ether oxygens (including phenoxy) is 4. The minimum absolute atomic E-state index is 0.0203. The Hall–Kier alpha value is -2.17. The summed E-state index contributed by atoms with van der Waals surface area (Å²) in [6, 6.07) is 0. The summed E-state index contributed by atoms with van der Waals surface area (Å²) in [5, 5.41) is 8.97. The predicted octanol–water partition coefficient (Wildman–Crippen LogP) is 9.56. The van der Waals surface area contributed by atoms with Gasteiger partial charge in [0.15, 0.2) is 0 Å². The van der Waals surface area contributed by atoms with Crippen LogP contribution in [0.4, 0.5) is 0 Å². The Morgan fingerprint density at radius 3 is 1.31 bits per heavy atom. The topological polar surface area (TPSA) is 142 Å². The molecule has 10 heteroatoms. The smallest absolute Gasteiger partial charge is 0.309 e. The molecule has 0 heterocycles. The van der Waals surface area contributed by atoms with Crippen molar-refractivity contribution in [1.29, 1.82) is 0 Å². The van der Waals surface area contributed by atoms with Gasteiger partial charge in [-0.2, -0.15) is 0 Å². The monoisotopic (exact) mass is 741 g/mol. The minimum Gasteiger partial charge on any atom is -0.481 e. The van der Waals surface area contributed by atoms with Gasteiger partial charge in [0.1, 0.15) is 23.0 Å². The molecule has 304 valence electrons. The second-order valence-corrected chi connectivity index (χ2v) is 15.2. The number of esters is 1. The first-order valence-electron chi connectivity index (χ1n) is 20.7. The highest BCUT2D eigenvalue weighted by Gasteiger charge is 2.28. The Morgan fingerprint density at radius 1 is 0.481 bits per heavy atom. The van der Waals surface area contributed by atoms with Crippen LogP contribution in [0.25, 0.3) is 0 Å². The number of carboxylic acid groups (broad SMARTS) is 1. The third kappa shape index (κ3) is 36.2. The molecule has 10 nitrogen and oxygen atoms in total. The van der Waals surface area contributed by atoms with Gasteiger partial charge in [-0.15, -0.1) is 0 Å². The number of ketones is 3. The molecule has 0 aliphatic carbocycles. The molecule has 1 unspecified atom stereocenters. The van der Waals surface area contributed by atoms with Gasteiger partial charge >= 0.3 is 11.9 Å². The van der Waals surface area contributed by atoms with Gasteiger partial charge in [-0.05, 0) is 59.3 Å². The fraction of sp³-hybridized carbons (Fsp3) is 0.881. The number of carbonyl (C=O) groups is 5. The lowest BCUT2D eigenvalue weighted by atomic mass is 9.94. The van der Waals surface area contributed by atoms with Crippen LogP contribution < -0.4 is 0 Å². The second-order valence-electron chi connectivity index (χ2n) is 15.2. The molecule has 0 aromatic rings. The largest absolute Gasteiger partial charge is 0.481 e. The first kappa shape index (κ1) is 49.8. The van der Waals surface area contributed by atoms with Gasteiger partial charge < -0.3 is 24.1 Å². The van der Waals surface area contributed by atoms with Crippen molar-refractivity contribution in [3.05, 3.63) is 0 Å². The molecule has 1 N–H and O–H groups in total. The van der Waals surface area contributed by atoms with Crippen LogP contribution in [0.15, 0.2) is 0 Å². The number of unbranched alkanes of at least 4 members (excludes halogenated alkanes) is 14. The summed E-state index contributed by atoms with van der Waals surface area (Å²) in [6.07, 6.45) is 21.8. The van der Waals surface area contributed by atoms with Crippen molar-refractivity contribution >= 4 is 29.3 Å². The highest BCUT2D eigenvalue weighted by atomic mass is 16.6. The Morgan fingerprint density at radius 2 is 0.865 bits per heavy atom. The molecule has 0 aliphatic heterocycles. The van der Waals surface area contributed by atoms with Crippen molar-refractivity contribution in [3.8, 4) is 0 Å². The van der Waals surface area contributed by atoms with Crippen LogP contribution in [0.2, 0.25) is 0 Å². The van der Waals surface area contributed by atoms with Crippen LogP contribution in [0.3, 0.4) is 0 Å². The second kappa shape index (κ2) is 34.6. The minimum atomic E-state index is -1.04. The first-order chi connectivity index (χ1) is 24.9. The lowest BCUT2D eigenvalue weighted by Crippen LogP contribution is -2.30. The highest BCUT2D eigenvalue weighted by molar-refractivity contribution is 5.88. The van der Waals surface area contributed by atoms with Crippen LogP contribution in [-0.2, 0) is 42.9 Å². The zero-order chi connectivity index (χ0) is 38.7. The maximum Gasteiger partial charge on any atom is 0.309 e. The van der Waals surface area contributed by atoms with Gasteiger partial charge in [0.05, 0.1) is 32.3 Å². The van der Waals surface area contributed by atoms with E-state index in [9.17, 15) is 24.0 Å². The molecule has 0 fully saturated rings. The Bertz CT molecular complexity index is 926. The Labute approximate surface area is 316 Å². The summed E-state index contributed by atoms with van der Waals surface area (Å²) >= 11 is 0. The number of hydrogen-bond acceptors (Lipinski definition) is 9. The molecule has 0 aliphatic rings. The molecule has 0 saturated heterocycles. The average Bonchev–Trinajstić information content (AvgIpc) is 3.08. The lowest BCUT2D eigenvalue weighted by molar-refractivity contribution is -0.161. The summed E-state index contributed by atoms with van der Waals surface area (Å²) in [5.74, 6) is -2.34. The van der Waals surface area contributed by atoms with E-state index in [1.165, 1.54) is 77.0 Å². The summed E-state index contributed by atoms with van der Waals surface area (Å²) in [7, 11) is 0. The third-order valence-corrected chi connectivity index (χ3v) is 8.90. The quantitative estimate of drug-likeness (QED) is 0.0478. The van der Waals surface area contributed by atoms with Crippen molar-refractivity contribution < 1.29 is 48.0 Å². The Balaban J connectivity index is 3.57. The van der Waals surface area contributed by atoms with Gasteiger partial charge in [-0.1, -0.05) is 84.0 Å². The van der Waals surface area contributed by atoms with Gasteiger partial charge in [0.2, 0.25) is 0 Å². The van der Waals surface area contributed by atoms with E-state index in [2.05, 4.69) is 6.92 Å². The lowest BCUT2D eigenvalue weighted by Gasteiger charge is -2.23. The fourth-order valence-corrected chi connectivity index (χ4v) is 5.83. The zero-order valence-electron chi connectivity index (χ0n) is 33.6. The van der Waals surface area contributed by atoms with E-state index < -0.39 is 23.5 Å². The molecular formula is C42H76O10. The number of carboxylic acids is 1. The van der Waals surface area contributed by atoms with Crippen molar-refractivity contribution in [2.75, 3.05) is 39.6 Å². The SMILES string of the molecule is CCCCCCCCCCCCCCCC(=O)CCCCOCCOCCOCCCCC(=O)CCC(=O)CC(CCC(=O)O)C(=O)OC(C)(C)C. The normalized spacial score (nSPS) is 12.2. The van der Waals surface area contributed by atoms with E-state index >= 15 is 0 Å². The van der Waals surface area contributed by atoms with Crippen LogP contribution in [0.1, 0.15) is 188 Å². The van der Waals surface area contributed by atoms with Crippen molar-refractivity contribution in [2.24, 2.45) is 5.92 Å². The third-order valence-electron chi connectivity index (χ3n) is 8.90. The standard InChI is InChI=1S/C42H76O10/c1-5-6-7-8-9-10-11-12-13-14-15-16-17-22-37(43)23-18-20-29-49-31-33-51-34-32-50-30-21-19-24-38(44)26-27-39(45)35-36(25-28-40(46)47)41(48)52-42(2,3)4/h36H,5-35H2,1-4H3,(H,46,47). The van der Waals surface area contributed by atoms with Crippen molar-refractivity contribution in [2.45, 2.75) is 194 Å². The van der Waals surface area contributed by atoms with Gasteiger partial charge in [-0.25, -0.2) is 0 Å². The van der Waals surface area contributed by atoms with E-state index in [1.54, 1.807) is 20.8 Å². The molecular weight excluding hydrogens is 664 g/mol. The highest BCUT2D eigenvalue weighted by Crippen LogP contribution is 2.20. The van der Waals surface area contributed by atoms with Crippen LogP contribution in [0.5, 0.6) is 0 Å². The number of aliphatic carboxylic acids is 1. The summed E-state index contributed by atoms with van der Waals surface area (Å²) in [6.45, 7) is 10.5. The molecule has 1 atom stereocenters. The number of hydrogen-bond donors (Lipinski definition) is 1. The molecule has 0 amide bonds. The van der Waals surface area contributed by atoms with Crippen LogP contribution >= 0.6 is 0 Å². The van der Waals surface area contributed by atoms with Gasteiger partial charge in [0, 0.05) is 58.2 Å². The Kier molecular flexibility index (Phi) is 33.1. The van der Waals surface area contributed by atoms with Gasteiger partial charge in [-0.3, -0.25) is 24.0 Å².